The number of likely N-dealkylation sites (tertiary alicyclic amines) is 1. The highest BCUT2D eigenvalue weighted by atomic mass is 19.1. The van der Waals surface area contributed by atoms with Gasteiger partial charge in [0, 0.05) is 51.1 Å². The molecule has 3 heterocycles. The monoisotopic (exact) mass is 489 g/mol. The van der Waals surface area contributed by atoms with Gasteiger partial charge in [0.15, 0.2) is 0 Å². The second kappa shape index (κ2) is 10.2. The molecule has 35 heavy (non-hydrogen) atoms. The summed E-state index contributed by atoms with van der Waals surface area (Å²) in [5.74, 6) is -1.04. The van der Waals surface area contributed by atoms with Gasteiger partial charge < -0.3 is 19.7 Å². The van der Waals surface area contributed by atoms with Crippen molar-refractivity contribution in [1.82, 2.24) is 15.1 Å². The van der Waals surface area contributed by atoms with Crippen LogP contribution < -0.4 is 5.32 Å². The highest BCUT2D eigenvalue weighted by Gasteiger charge is 2.54. The fraction of sp³-hybridized carbons (Fsp3) is 0.654. The van der Waals surface area contributed by atoms with Crippen molar-refractivity contribution in [3.05, 3.63) is 35.6 Å². The predicted octanol–water partition coefficient (Wildman–Crippen LogP) is 2.72. The molecule has 1 N–H and O–H groups in total. The second-order valence-electron chi connectivity index (χ2n) is 11.0. The fourth-order valence-corrected chi connectivity index (χ4v) is 5.11. The van der Waals surface area contributed by atoms with Crippen molar-refractivity contribution in [1.29, 1.82) is 0 Å². The van der Waals surface area contributed by atoms with Crippen LogP contribution in [0.1, 0.15) is 63.2 Å². The molecule has 0 radical (unpaired) electrons. The fourth-order valence-electron chi connectivity index (χ4n) is 5.11. The SMILES string of the molecule is CC(C)(C)CC(=O)N1CCC2(CC1)OCC(C(=O)NCC1CCCO1)N2C(=O)c1ccc(F)cc1. The third-order valence-corrected chi connectivity index (χ3v) is 6.98. The molecule has 2 atom stereocenters. The van der Waals surface area contributed by atoms with Crippen LogP contribution in [0.2, 0.25) is 0 Å². The van der Waals surface area contributed by atoms with Crippen LogP contribution in [0.3, 0.4) is 0 Å². The topological polar surface area (TPSA) is 88.2 Å². The first-order valence-electron chi connectivity index (χ1n) is 12.5. The van der Waals surface area contributed by atoms with E-state index in [1.807, 2.05) is 25.7 Å². The Bertz CT molecular complexity index is 931. The number of halogens is 1. The van der Waals surface area contributed by atoms with Crippen LogP contribution in [0.5, 0.6) is 0 Å². The van der Waals surface area contributed by atoms with Gasteiger partial charge in [-0.3, -0.25) is 19.3 Å². The molecule has 0 aromatic heterocycles. The molecule has 1 aromatic rings. The number of nitrogens with one attached hydrogen (secondary N) is 1. The number of benzene rings is 1. The van der Waals surface area contributed by atoms with E-state index in [0.29, 0.717) is 51.1 Å². The van der Waals surface area contributed by atoms with E-state index in [4.69, 9.17) is 9.47 Å². The second-order valence-corrected chi connectivity index (χ2v) is 11.0. The number of ether oxygens (including phenoxy) is 2. The zero-order chi connectivity index (χ0) is 25.2. The van der Waals surface area contributed by atoms with Gasteiger partial charge in [-0.15, -0.1) is 0 Å². The van der Waals surface area contributed by atoms with Gasteiger partial charge in [0.2, 0.25) is 11.8 Å². The molecule has 2 unspecified atom stereocenters. The van der Waals surface area contributed by atoms with Crippen molar-refractivity contribution in [2.75, 3.05) is 32.8 Å². The number of piperidine rings is 1. The maximum absolute atomic E-state index is 13.6. The molecule has 4 rings (SSSR count). The van der Waals surface area contributed by atoms with Crippen LogP contribution in [0, 0.1) is 11.2 Å². The van der Waals surface area contributed by atoms with Gasteiger partial charge in [0.1, 0.15) is 17.6 Å². The summed E-state index contributed by atoms with van der Waals surface area (Å²) < 4.78 is 25.3. The molecular weight excluding hydrogens is 453 g/mol. The molecule has 3 fully saturated rings. The summed E-state index contributed by atoms with van der Waals surface area (Å²) in [6.45, 7) is 8.10. The summed E-state index contributed by atoms with van der Waals surface area (Å²) in [4.78, 5) is 42.9. The quantitative estimate of drug-likeness (QED) is 0.687. The highest BCUT2D eigenvalue weighted by Crippen LogP contribution is 2.39. The van der Waals surface area contributed by atoms with E-state index in [1.165, 1.54) is 29.2 Å². The summed E-state index contributed by atoms with van der Waals surface area (Å²) in [6.07, 6.45) is 3.09. The highest BCUT2D eigenvalue weighted by molar-refractivity contribution is 5.98. The Morgan fingerprint density at radius 2 is 1.83 bits per heavy atom. The van der Waals surface area contributed by atoms with Crippen LogP contribution in [0.15, 0.2) is 24.3 Å². The maximum Gasteiger partial charge on any atom is 0.256 e. The zero-order valence-electron chi connectivity index (χ0n) is 20.8. The predicted molar refractivity (Wildman–Crippen MR) is 127 cm³/mol. The number of carbonyl (C=O) groups is 3. The lowest BCUT2D eigenvalue weighted by Gasteiger charge is -2.45. The smallest absolute Gasteiger partial charge is 0.256 e. The number of nitrogens with zero attached hydrogens (tertiary/aromatic N) is 2. The number of hydrogen-bond acceptors (Lipinski definition) is 5. The summed E-state index contributed by atoms with van der Waals surface area (Å²) in [5.41, 5.74) is -0.817. The van der Waals surface area contributed by atoms with E-state index in [9.17, 15) is 18.8 Å². The average molecular weight is 490 g/mol. The number of rotatable bonds is 5. The molecular formula is C26H36FN3O5. The molecule has 3 amide bonds. The minimum absolute atomic E-state index is 0.0199. The van der Waals surface area contributed by atoms with Gasteiger partial charge in [0.25, 0.3) is 5.91 Å². The summed E-state index contributed by atoms with van der Waals surface area (Å²) in [7, 11) is 0. The third kappa shape index (κ3) is 5.83. The Morgan fingerprint density at radius 3 is 2.43 bits per heavy atom. The first kappa shape index (κ1) is 25.6. The average Bonchev–Trinajstić information content (AvgIpc) is 3.45. The van der Waals surface area contributed by atoms with Crippen molar-refractivity contribution in [2.45, 2.75) is 70.7 Å². The van der Waals surface area contributed by atoms with Crippen LogP contribution in [0.25, 0.3) is 0 Å². The van der Waals surface area contributed by atoms with Crippen molar-refractivity contribution >= 4 is 17.7 Å². The van der Waals surface area contributed by atoms with E-state index in [1.54, 1.807) is 0 Å². The summed E-state index contributed by atoms with van der Waals surface area (Å²) >= 11 is 0. The molecule has 3 aliphatic rings. The van der Waals surface area contributed by atoms with Crippen molar-refractivity contribution < 1.29 is 28.2 Å². The summed E-state index contributed by atoms with van der Waals surface area (Å²) in [6, 6.07) is 4.50. The van der Waals surface area contributed by atoms with E-state index in [2.05, 4.69) is 5.32 Å². The molecule has 0 bridgehead atoms. The Kier molecular flexibility index (Phi) is 7.47. The maximum atomic E-state index is 13.6. The number of hydrogen-bond donors (Lipinski definition) is 1. The van der Waals surface area contributed by atoms with E-state index in [-0.39, 0.29) is 35.8 Å². The molecule has 0 aliphatic carbocycles. The largest absolute Gasteiger partial charge is 0.376 e. The molecule has 3 saturated heterocycles. The normalized spacial score (nSPS) is 24.1. The van der Waals surface area contributed by atoms with Gasteiger partial charge in [-0.2, -0.15) is 0 Å². The lowest BCUT2D eigenvalue weighted by Crippen LogP contribution is -2.60. The van der Waals surface area contributed by atoms with Gasteiger partial charge in [0.05, 0.1) is 12.7 Å². The van der Waals surface area contributed by atoms with Gasteiger partial charge in [-0.1, -0.05) is 20.8 Å². The van der Waals surface area contributed by atoms with Crippen LogP contribution in [-0.4, -0.2) is 78.2 Å². The van der Waals surface area contributed by atoms with E-state index in [0.717, 1.165) is 12.8 Å². The molecule has 1 aromatic carbocycles. The molecule has 3 aliphatic heterocycles. The Labute approximate surface area is 206 Å². The lowest BCUT2D eigenvalue weighted by molar-refractivity contribution is -0.145. The first-order valence-corrected chi connectivity index (χ1v) is 12.5. The van der Waals surface area contributed by atoms with Crippen molar-refractivity contribution in [2.24, 2.45) is 5.41 Å². The summed E-state index contributed by atoms with van der Waals surface area (Å²) in [5, 5.41) is 2.92. The number of amides is 3. The van der Waals surface area contributed by atoms with Gasteiger partial charge in [-0.05, 0) is 42.5 Å². The van der Waals surface area contributed by atoms with E-state index >= 15 is 0 Å². The van der Waals surface area contributed by atoms with Gasteiger partial charge >= 0.3 is 0 Å². The Morgan fingerprint density at radius 1 is 1.14 bits per heavy atom. The lowest BCUT2D eigenvalue weighted by atomic mass is 9.90. The molecule has 8 nitrogen and oxygen atoms in total. The Balaban J connectivity index is 1.51. The molecule has 0 saturated carbocycles. The van der Waals surface area contributed by atoms with Crippen LogP contribution >= 0.6 is 0 Å². The zero-order valence-corrected chi connectivity index (χ0v) is 20.8. The first-order chi connectivity index (χ1) is 16.6. The van der Waals surface area contributed by atoms with Crippen LogP contribution in [-0.2, 0) is 19.1 Å². The molecule has 192 valence electrons. The molecule has 1 spiro atoms. The van der Waals surface area contributed by atoms with Crippen LogP contribution in [0.4, 0.5) is 4.39 Å². The Hall–Kier alpha value is -2.52. The van der Waals surface area contributed by atoms with Gasteiger partial charge in [-0.25, -0.2) is 4.39 Å². The minimum Gasteiger partial charge on any atom is -0.376 e. The van der Waals surface area contributed by atoms with E-state index < -0.39 is 17.6 Å². The standard InChI is InChI=1S/C26H36FN3O5/c1-25(2,3)15-22(31)29-12-10-26(11-13-29)30(24(33)18-6-8-19(27)9-7-18)21(17-35-26)23(32)28-16-20-5-4-14-34-20/h6-9,20-21H,4-5,10-17H2,1-3H3,(H,28,32). The minimum atomic E-state index is -0.990. The molecule has 9 heteroatoms. The number of carbonyl (C=O) groups excluding carboxylic acids is 3. The third-order valence-electron chi connectivity index (χ3n) is 6.98. The van der Waals surface area contributed by atoms with Crippen molar-refractivity contribution in [3.8, 4) is 0 Å². The van der Waals surface area contributed by atoms with Crippen molar-refractivity contribution in [3.63, 3.8) is 0 Å².